The first kappa shape index (κ1) is 29.8. The van der Waals surface area contributed by atoms with Crippen LogP contribution in [0.3, 0.4) is 0 Å². The van der Waals surface area contributed by atoms with Gasteiger partial charge >= 0.3 is 12.0 Å². The van der Waals surface area contributed by atoms with Crippen LogP contribution in [0, 0.1) is 0 Å². The molecule has 1 aromatic heterocycles. The first-order valence-corrected chi connectivity index (χ1v) is 13.3. The minimum absolute atomic E-state index is 0.0255. The number of carboxylic acid groups (broad SMARTS) is 1. The number of carbonyl (C=O) groups is 5. The van der Waals surface area contributed by atoms with Crippen molar-refractivity contribution >= 4 is 51.9 Å². The molecular weight excluding hydrogens is 536 g/mol. The average Bonchev–Trinajstić information content (AvgIpc) is 3.40. The zero-order chi connectivity index (χ0) is 28.9. The molecule has 2 aromatic carbocycles. The molecule has 0 radical (unpaired) electrons. The highest BCUT2D eigenvalue weighted by Crippen LogP contribution is 2.15. The van der Waals surface area contributed by atoms with Gasteiger partial charge in [-0.1, -0.05) is 55.8 Å². The lowest BCUT2D eigenvalue weighted by atomic mass is 10.1. The standard InChI is InChI=1S/C27H30N6O6S/c1-2-6-17-9-11-19(12-10-17)30-25(38)20(13-23(35)36)31-22(34)15-28-24(37)21-16-40-27(32-21)33-26(39)29-14-18-7-4-3-5-8-18/h3-5,7-12,16,20H,2,6,13-15H2,1H3,(H,28,37)(H,30,38)(H,31,34)(H,35,36)(H2,29,32,33,39)/t20-/m0/s1. The number of thiazole rings is 1. The van der Waals surface area contributed by atoms with Gasteiger partial charge in [-0.3, -0.25) is 24.5 Å². The summed E-state index contributed by atoms with van der Waals surface area (Å²) in [6.45, 7) is 1.84. The number of amides is 5. The van der Waals surface area contributed by atoms with Crippen LogP contribution >= 0.6 is 11.3 Å². The van der Waals surface area contributed by atoms with E-state index in [1.807, 2.05) is 42.5 Å². The summed E-state index contributed by atoms with van der Waals surface area (Å²) in [5.74, 6) is -3.43. The summed E-state index contributed by atoms with van der Waals surface area (Å²) in [6, 6.07) is 14.6. The Morgan fingerprint density at radius 3 is 2.33 bits per heavy atom. The van der Waals surface area contributed by atoms with Crippen molar-refractivity contribution < 1.29 is 29.1 Å². The van der Waals surface area contributed by atoms with Gasteiger partial charge in [-0.2, -0.15) is 0 Å². The number of rotatable bonds is 13. The first-order valence-electron chi connectivity index (χ1n) is 12.5. The highest BCUT2D eigenvalue weighted by Gasteiger charge is 2.24. The zero-order valence-electron chi connectivity index (χ0n) is 21.7. The SMILES string of the molecule is CCCc1ccc(NC(=O)[C@H](CC(=O)O)NC(=O)CNC(=O)c2csc(NC(=O)NCc3ccccc3)n2)cc1. The largest absolute Gasteiger partial charge is 0.481 e. The van der Waals surface area contributed by atoms with Crippen LogP contribution in [0.2, 0.25) is 0 Å². The van der Waals surface area contributed by atoms with Gasteiger partial charge in [0.05, 0.1) is 13.0 Å². The van der Waals surface area contributed by atoms with E-state index in [-0.39, 0.29) is 10.8 Å². The van der Waals surface area contributed by atoms with Crippen LogP contribution < -0.4 is 26.6 Å². The predicted molar refractivity (Wildman–Crippen MR) is 150 cm³/mol. The summed E-state index contributed by atoms with van der Waals surface area (Å²) in [7, 11) is 0. The first-order chi connectivity index (χ1) is 19.2. The number of urea groups is 1. The van der Waals surface area contributed by atoms with Crippen LogP contribution in [-0.4, -0.2) is 52.4 Å². The molecule has 40 heavy (non-hydrogen) atoms. The molecular formula is C27H30N6O6S. The van der Waals surface area contributed by atoms with Crippen molar-refractivity contribution in [3.63, 3.8) is 0 Å². The van der Waals surface area contributed by atoms with Gasteiger partial charge in [0.25, 0.3) is 5.91 Å². The molecule has 3 rings (SSSR count). The second kappa shape index (κ2) is 15.0. The Bertz CT molecular complexity index is 1330. The molecule has 0 unspecified atom stereocenters. The maximum Gasteiger partial charge on any atom is 0.321 e. The second-order valence-corrected chi connectivity index (χ2v) is 9.53. The maximum absolute atomic E-state index is 12.6. The molecule has 0 bridgehead atoms. The van der Waals surface area contributed by atoms with Gasteiger partial charge in [-0.05, 0) is 29.7 Å². The zero-order valence-corrected chi connectivity index (χ0v) is 22.5. The molecule has 0 aliphatic rings. The number of hydrogen-bond donors (Lipinski definition) is 6. The molecule has 0 spiro atoms. The van der Waals surface area contributed by atoms with Gasteiger partial charge in [-0.25, -0.2) is 9.78 Å². The molecule has 0 fully saturated rings. The Hall–Kier alpha value is -4.78. The van der Waals surface area contributed by atoms with Crippen molar-refractivity contribution in [3.8, 4) is 0 Å². The topological polar surface area (TPSA) is 179 Å². The van der Waals surface area contributed by atoms with Crippen LogP contribution in [0.4, 0.5) is 15.6 Å². The van der Waals surface area contributed by atoms with Crippen molar-refractivity contribution in [2.75, 3.05) is 17.2 Å². The van der Waals surface area contributed by atoms with E-state index in [9.17, 15) is 29.1 Å². The van der Waals surface area contributed by atoms with Crippen molar-refractivity contribution in [1.29, 1.82) is 0 Å². The van der Waals surface area contributed by atoms with Crippen molar-refractivity contribution in [1.82, 2.24) is 20.9 Å². The Morgan fingerprint density at radius 2 is 1.65 bits per heavy atom. The third-order valence-corrected chi connectivity index (χ3v) is 6.21. The van der Waals surface area contributed by atoms with E-state index < -0.39 is 48.7 Å². The summed E-state index contributed by atoms with van der Waals surface area (Å²) in [5, 5.41) is 23.3. The molecule has 0 saturated carbocycles. The van der Waals surface area contributed by atoms with Gasteiger partial charge in [0.1, 0.15) is 11.7 Å². The number of nitrogens with one attached hydrogen (secondary N) is 5. The van der Waals surface area contributed by atoms with E-state index in [1.165, 1.54) is 5.38 Å². The number of hydrogen-bond acceptors (Lipinski definition) is 7. The van der Waals surface area contributed by atoms with Gasteiger partial charge in [0, 0.05) is 17.6 Å². The summed E-state index contributed by atoms with van der Waals surface area (Å²) in [5.41, 5.74) is 2.45. The number of anilines is 2. The molecule has 1 atom stereocenters. The van der Waals surface area contributed by atoms with Crippen molar-refractivity contribution in [3.05, 3.63) is 76.8 Å². The number of aromatic nitrogens is 1. The van der Waals surface area contributed by atoms with E-state index in [1.54, 1.807) is 12.1 Å². The van der Waals surface area contributed by atoms with Crippen LogP contribution in [0.15, 0.2) is 60.0 Å². The highest BCUT2D eigenvalue weighted by molar-refractivity contribution is 7.14. The quantitative estimate of drug-likeness (QED) is 0.184. The Labute approximate surface area is 234 Å². The third-order valence-electron chi connectivity index (χ3n) is 5.45. The number of carboxylic acids is 1. The Balaban J connectivity index is 1.47. The summed E-state index contributed by atoms with van der Waals surface area (Å²) in [4.78, 5) is 64.9. The lowest BCUT2D eigenvalue weighted by Crippen LogP contribution is -2.48. The minimum Gasteiger partial charge on any atom is -0.481 e. The fourth-order valence-electron chi connectivity index (χ4n) is 3.51. The molecule has 0 aliphatic carbocycles. The van der Waals surface area contributed by atoms with Gasteiger partial charge in [0.15, 0.2) is 5.13 Å². The van der Waals surface area contributed by atoms with E-state index in [2.05, 4.69) is 38.5 Å². The summed E-state index contributed by atoms with van der Waals surface area (Å²) in [6.07, 6.45) is 1.22. The molecule has 13 heteroatoms. The molecule has 0 saturated heterocycles. The number of aliphatic carboxylic acids is 1. The molecule has 6 N–H and O–H groups in total. The van der Waals surface area contributed by atoms with Crippen LogP contribution in [0.1, 0.15) is 41.4 Å². The maximum atomic E-state index is 12.6. The Kier molecular flexibility index (Phi) is 11.1. The van der Waals surface area contributed by atoms with E-state index in [0.29, 0.717) is 12.2 Å². The molecule has 5 amide bonds. The highest BCUT2D eigenvalue weighted by atomic mass is 32.1. The normalized spacial score (nSPS) is 11.1. The lowest BCUT2D eigenvalue weighted by Gasteiger charge is -2.17. The molecule has 3 aromatic rings. The number of carbonyl (C=O) groups excluding carboxylic acids is 4. The molecule has 210 valence electrons. The predicted octanol–water partition coefficient (Wildman–Crippen LogP) is 2.75. The van der Waals surface area contributed by atoms with E-state index >= 15 is 0 Å². The smallest absolute Gasteiger partial charge is 0.321 e. The fraction of sp³-hybridized carbons (Fsp3) is 0.259. The lowest BCUT2D eigenvalue weighted by molar-refractivity contribution is -0.139. The number of aryl methyl sites for hydroxylation is 1. The van der Waals surface area contributed by atoms with E-state index in [0.717, 1.165) is 35.3 Å². The monoisotopic (exact) mass is 566 g/mol. The summed E-state index contributed by atoms with van der Waals surface area (Å²) >= 11 is 1.03. The van der Waals surface area contributed by atoms with Gasteiger partial charge in [0.2, 0.25) is 11.8 Å². The van der Waals surface area contributed by atoms with Crippen LogP contribution in [0.25, 0.3) is 0 Å². The number of nitrogens with zero attached hydrogens (tertiary/aromatic N) is 1. The second-order valence-electron chi connectivity index (χ2n) is 8.67. The number of benzene rings is 2. The fourth-order valence-corrected chi connectivity index (χ4v) is 4.19. The van der Waals surface area contributed by atoms with Crippen molar-refractivity contribution in [2.24, 2.45) is 0 Å². The molecule has 1 heterocycles. The van der Waals surface area contributed by atoms with Gasteiger partial charge < -0.3 is 26.4 Å². The third kappa shape index (κ3) is 9.83. The average molecular weight is 567 g/mol. The van der Waals surface area contributed by atoms with Gasteiger partial charge in [-0.15, -0.1) is 11.3 Å². The minimum atomic E-state index is -1.36. The van der Waals surface area contributed by atoms with Crippen LogP contribution in [0.5, 0.6) is 0 Å². The van der Waals surface area contributed by atoms with Crippen LogP contribution in [-0.2, 0) is 27.3 Å². The Morgan fingerprint density at radius 1 is 0.925 bits per heavy atom. The molecule has 12 nitrogen and oxygen atoms in total. The van der Waals surface area contributed by atoms with Crippen molar-refractivity contribution in [2.45, 2.75) is 38.8 Å². The van der Waals surface area contributed by atoms with E-state index in [4.69, 9.17) is 0 Å². The molecule has 0 aliphatic heterocycles. The summed E-state index contributed by atoms with van der Waals surface area (Å²) < 4.78 is 0.